The highest BCUT2D eigenvalue weighted by Gasteiger charge is 2.20. The Morgan fingerprint density at radius 1 is 1.10 bits per heavy atom. The maximum atomic E-state index is 12.3. The van der Waals surface area contributed by atoms with Gasteiger partial charge in [0, 0.05) is 20.1 Å². The van der Waals surface area contributed by atoms with Crippen LogP contribution in [-0.4, -0.2) is 55.7 Å². The molecule has 156 valence electrons. The lowest BCUT2D eigenvalue weighted by Crippen LogP contribution is -2.43. The minimum absolute atomic E-state index is 0.0239. The van der Waals surface area contributed by atoms with Crippen molar-refractivity contribution in [3.05, 3.63) is 65.7 Å². The number of likely N-dealkylation sites (N-methyl/N-ethyl adjacent to an activating group) is 1. The second-order valence-electron chi connectivity index (χ2n) is 7.97. The molecule has 5 heteroatoms. The van der Waals surface area contributed by atoms with Crippen LogP contribution in [0.4, 0.5) is 4.79 Å². The van der Waals surface area contributed by atoms with Gasteiger partial charge in [-0.3, -0.25) is 4.90 Å². The molecule has 5 nitrogen and oxygen atoms in total. The van der Waals surface area contributed by atoms with E-state index < -0.39 is 0 Å². The average Bonchev–Trinajstić information content (AvgIpc) is 2.75. The summed E-state index contributed by atoms with van der Waals surface area (Å²) in [6.07, 6.45) is 2.26. The summed E-state index contributed by atoms with van der Waals surface area (Å²) in [6.45, 7) is 7.06. The number of nitrogens with one attached hydrogen (secondary N) is 1. The second-order valence-corrected chi connectivity index (χ2v) is 7.97. The highest BCUT2D eigenvalue weighted by atomic mass is 16.5. The maximum absolute atomic E-state index is 12.3. The molecule has 2 aromatic carbocycles. The fraction of sp³-hybridized carbons (Fsp3) is 0.458. The third-order valence-corrected chi connectivity index (χ3v) is 5.56. The molecule has 1 fully saturated rings. The number of ether oxygens (including phenoxy) is 1. The zero-order valence-corrected chi connectivity index (χ0v) is 17.6. The number of nitrogens with zero attached hydrogens (tertiary/aromatic N) is 2. The normalized spacial score (nSPS) is 15.1. The van der Waals surface area contributed by atoms with Crippen LogP contribution < -0.4 is 10.1 Å². The van der Waals surface area contributed by atoms with E-state index in [2.05, 4.69) is 47.5 Å². The quantitative estimate of drug-likeness (QED) is 0.737. The molecule has 0 bridgehead atoms. The first-order valence-corrected chi connectivity index (χ1v) is 10.5. The molecule has 0 aromatic heterocycles. The molecular weight excluding hydrogens is 362 g/mol. The molecule has 1 aliphatic heterocycles. The molecule has 2 amide bonds. The van der Waals surface area contributed by atoms with Gasteiger partial charge in [0.05, 0.1) is 6.54 Å². The molecule has 3 rings (SSSR count). The van der Waals surface area contributed by atoms with Crippen molar-refractivity contribution in [2.75, 3.05) is 39.8 Å². The molecule has 1 N–H and O–H groups in total. The lowest BCUT2D eigenvalue weighted by Gasteiger charge is -2.32. The van der Waals surface area contributed by atoms with Gasteiger partial charge in [-0.25, -0.2) is 4.79 Å². The van der Waals surface area contributed by atoms with Gasteiger partial charge < -0.3 is 15.0 Å². The van der Waals surface area contributed by atoms with Gasteiger partial charge >= 0.3 is 6.03 Å². The van der Waals surface area contributed by atoms with Crippen LogP contribution in [0.5, 0.6) is 5.75 Å². The molecule has 29 heavy (non-hydrogen) atoms. The number of benzene rings is 2. The Labute approximate surface area is 174 Å². The summed E-state index contributed by atoms with van der Waals surface area (Å²) in [5.41, 5.74) is 2.58. The minimum atomic E-state index is -0.0239. The Morgan fingerprint density at radius 3 is 2.48 bits per heavy atom. The van der Waals surface area contributed by atoms with Gasteiger partial charge in [-0.2, -0.15) is 0 Å². The number of likely N-dealkylation sites (tertiary alicyclic amines) is 1. The Bertz CT molecular complexity index is 740. The second kappa shape index (κ2) is 10.9. The van der Waals surface area contributed by atoms with E-state index in [0.717, 1.165) is 44.8 Å². The lowest BCUT2D eigenvalue weighted by atomic mass is 9.96. The number of hydrogen-bond donors (Lipinski definition) is 1. The zero-order chi connectivity index (χ0) is 20.5. The van der Waals surface area contributed by atoms with Gasteiger partial charge in [0.25, 0.3) is 0 Å². The lowest BCUT2D eigenvalue weighted by molar-refractivity contribution is 0.168. The zero-order valence-electron chi connectivity index (χ0n) is 17.6. The van der Waals surface area contributed by atoms with E-state index in [9.17, 15) is 4.79 Å². The number of piperidine rings is 1. The highest BCUT2D eigenvalue weighted by Crippen LogP contribution is 2.18. The standard InChI is InChI=1S/C24H33N3O2/c1-20-8-10-23(11-9-20)29-17-16-26(2)24(28)25-18-21-12-14-27(15-13-21)19-22-6-4-3-5-7-22/h3-11,21H,12-19H2,1-2H3,(H,25,28). The fourth-order valence-electron chi connectivity index (χ4n) is 3.59. The predicted octanol–water partition coefficient (Wildman–Crippen LogP) is 3.93. The highest BCUT2D eigenvalue weighted by molar-refractivity contribution is 5.73. The van der Waals surface area contributed by atoms with Crippen molar-refractivity contribution in [2.24, 2.45) is 5.92 Å². The van der Waals surface area contributed by atoms with Crippen molar-refractivity contribution >= 4 is 6.03 Å². The van der Waals surface area contributed by atoms with Gasteiger partial charge in [-0.15, -0.1) is 0 Å². The summed E-state index contributed by atoms with van der Waals surface area (Å²) in [5, 5.41) is 3.09. The van der Waals surface area contributed by atoms with Crippen molar-refractivity contribution in [3.8, 4) is 5.75 Å². The molecule has 0 atom stereocenters. The topological polar surface area (TPSA) is 44.8 Å². The molecular formula is C24H33N3O2. The molecule has 0 aliphatic carbocycles. The summed E-state index contributed by atoms with van der Waals surface area (Å²) >= 11 is 0. The Hall–Kier alpha value is -2.53. The van der Waals surface area contributed by atoms with Crippen LogP contribution in [-0.2, 0) is 6.54 Å². The van der Waals surface area contributed by atoms with Crippen LogP contribution in [0.3, 0.4) is 0 Å². The minimum Gasteiger partial charge on any atom is -0.492 e. The van der Waals surface area contributed by atoms with E-state index in [0.29, 0.717) is 19.1 Å². The van der Waals surface area contributed by atoms with Crippen molar-refractivity contribution in [1.29, 1.82) is 0 Å². The van der Waals surface area contributed by atoms with Crippen LogP contribution in [0.25, 0.3) is 0 Å². The largest absolute Gasteiger partial charge is 0.492 e. The summed E-state index contributed by atoms with van der Waals surface area (Å²) in [7, 11) is 1.82. The number of carbonyl (C=O) groups excluding carboxylic acids is 1. The molecule has 0 spiro atoms. The number of aryl methyl sites for hydroxylation is 1. The van der Waals surface area contributed by atoms with Crippen molar-refractivity contribution in [1.82, 2.24) is 15.1 Å². The van der Waals surface area contributed by atoms with E-state index in [1.165, 1.54) is 11.1 Å². The molecule has 1 aliphatic rings. The summed E-state index contributed by atoms with van der Waals surface area (Å²) in [4.78, 5) is 16.5. The third-order valence-electron chi connectivity index (χ3n) is 5.56. The SMILES string of the molecule is Cc1ccc(OCCN(C)C(=O)NCC2CCN(Cc3ccccc3)CC2)cc1. The van der Waals surface area contributed by atoms with Crippen LogP contribution in [0.15, 0.2) is 54.6 Å². The average molecular weight is 396 g/mol. The smallest absolute Gasteiger partial charge is 0.317 e. The monoisotopic (exact) mass is 395 g/mol. The number of hydrogen-bond acceptors (Lipinski definition) is 3. The van der Waals surface area contributed by atoms with Crippen LogP contribution in [0.1, 0.15) is 24.0 Å². The molecule has 2 aromatic rings. The van der Waals surface area contributed by atoms with E-state index >= 15 is 0 Å². The van der Waals surface area contributed by atoms with Crippen molar-refractivity contribution < 1.29 is 9.53 Å². The van der Waals surface area contributed by atoms with Crippen molar-refractivity contribution in [2.45, 2.75) is 26.3 Å². The summed E-state index contributed by atoms with van der Waals surface area (Å²) in [6, 6.07) is 18.6. The Balaban J connectivity index is 1.29. The number of carbonyl (C=O) groups is 1. The van der Waals surface area contributed by atoms with Crippen LogP contribution in [0.2, 0.25) is 0 Å². The first-order valence-electron chi connectivity index (χ1n) is 10.5. The Morgan fingerprint density at radius 2 is 1.79 bits per heavy atom. The third kappa shape index (κ3) is 7.09. The molecule has 0 radical (unpaired) electrons. The van der Waals surface area contributed by atoms with Gasteiger partial charge in [0.2, 0.25) is 0 Å². The van der Waals surface area contributed by atoms with Crippen LogP contribution >= 0.6 is 0 Å². The van der Waals surface area contributed by atoms with Crippen LogP contribution in [0, 0.1) is 12.8 Å². The summed E-state index contributed by atoms with van der Waals surface area (Å²) in [5.74, 6) is 1.40. The molecule has 0 unspecified atom stereocenters. The van der Waals surface area contributed by atoms with E-state index in [4.69, 9.17) is 4.74 Å². The first kappa shape index (κ1) is 21.2. The fourth-order valence-corrected chi connectivity index (χ4v) is 3.59. The van der Waals surface area contributed by atoms with E-state index in [1.54, 1.807) is 4.90 Å². The van der Waals surface area contributed by atoms with Crippen molar-refractivity contribution in [3.63, 3.8) is 0 Å². The van der Waals surface area contributed by atoms with E-state index in [1.807, 2.05) is 31.3 Å². The molecule has 1 heterocycles. The Kier molecular flexibility index (Phi) is 7.94. The first-order chi connectivity index (χ1) is 14.1. The van der Waals surface area contributed by atoms with Gasteiger partial charge in [-0.1, -0.05) is 48.0 Å². The predicted molar refractivity (Wildman–Crippen MR) is 117 cm³/mol. The number of amides is 2. The van der Waals surface area contributed by atoms with Gasteiger partial charge in [0.1, 0.15) is 12.4 Å². The maximum Gasteiger partial charge on any atom is 0.317 e. The number of urea groups is 1. The van der Waals surface area contributed by atoms with Gasteiger partial charge in [-0.05, 0) is 56.5 Å². The number of rotatable bonds is 8. The summed E-state index contributed by atoms with van der Waals surface area (Å²) < 4.78 is 5.71. The van der Waals surface area contributed by atoms with Gasteiger partial charge in [0.15, 0.2) is 0 Å². The van der Waals surface area contributed by atoms with E-state index in [-0.39, 0.29) is 6.03 Å². The molecule has 1 saturated heterocycles. The molecule has 0 saturated carbocycles.